The molecule has 1 unspecified atom stereocenters. The maximum absolute atomic E-state index is 14.8. The highest BCUT2D eigenvalue weighted by Crippen LogP contribution is 2.37. The van der Waals surface area contributed by atoms with Gasteiger partial charge in [-0.05, 0) is 49.6 Å². The van der Waals surface area contributed by atoms with Crippen molar-refractivity contribution in [1.29, 1.82) is 0 Å². The highest BCUT2D eigenvalue weighted by Gasteiger charge is 2.27. The third kappa shape index (κ3) is 4.70. The first-order valence-corrected chi connectivity index (χ1v) is 10.5. The van der Waals surface area contributed by atoms with Gasteiger partial charge in [0, 0.05) is 41.9 Å². The second-order valence-corrected chi connectivity index (χ2v) is 8.70. The molecule has 0 amide bonds. The molecule has 0 radical (unpaired) electrons. The summed E-state index contributed by atoms with van der Waals surface area (Å²) in [5.74, 6) is -0.341. The fraction of sp³-hybridized carbons (Fsp3) is 0.250. The van der Waals surface area contributed by atoms with Crippen LogP contribution in [0.1, 0.15) is 36.6 Å². The Morgan fingerprint density at radius 3 is 2.58 bits per heavy atom. The lowest BCUT2D eigenvalue weighted by molar-refractivity contribution is 0.500. The molecule has 0 spiro atoms. The molecule has 5 nitrogen and oxygen atoms in total. The van der Waals surface area contributed by atoms with Crippen LogP contribution in [0.4, 0.5) is 10.1 Å². The Labute approximate surface area is 186 Å². The van der Waals surface area contributed by atoms with E-state index in [1.54, 1.807) is 38.6 Å². The fourth-order valence-electron chi connectivity index (χ4n) is 3.72. The average molecular weight is 438 g/mol. The molecule has 0 aliphatic carbocycles. The summed E-state index contributed by atoms with van der Waals surface area (Å²) >= 11 is 6.53. The maximum atomic E-state index is 14.8. The number of benzene rings is 2. The predicted molar refractivity (Wildman–Crippen MR) is 124 cm³/mol. The van der Waals surface area contributed by atoms with E-state index in [0.29, 0.717) is 10.6 Å². The molecule has 2 heterocycles. The molecule has 31 heavy (non-hydrogen) atoms. The number of imidazole rings is 1. The van der Waals surface area contributed by atoms with Crippen molar-refractivity contribution in [3.63, 3.8) is 0 Å². The summed E-state index contributed by atoms with van der Waals surface area (Å²) in [5, 5.41) is 0.519. The minimum absolute atomic E-state index is 0.341. The van der Waals surface area contributed by atoms with Crippen LogP contribution in [0.15, 0.2) is 77.4 Å². The van der Waals surface area contributed by atoms with Gasteiger partial charge in [-0.3, -0.25) is 0 Å². The van der Waals surface area contributed by atoms with E-state index in [9.17, 15) is 4.39 Å². The monoisotopic (exact) mass is 437 g/mol. The number of aryl methyl sites for hydroxylation is 2. The second-order valence-electron chi connectivity index (χ2n) is 8.27. The van der Waals surface area contributed by atoms with Crippen LogP contribution in [0, 0.1) is 5.82 Å². The predicted octanol–water partition coefficient (Wildman–Crippen LogP) is 5.13. The molecule has 0 saturated heterocycles. The number of anilines is 1. The smallest absolute Gasteiger partial charge is 0.128 e. The molecule has 2 N–H and O–H groups in total. The number of aromatic nitrogens is 2. The first kappa shape index (κ1) is 21.3. The zero-order valence-electron chi connectivity index (χ0n) is 17.5. The van der Waals surface area contributed by atoms with E-state index in [1.807, 2.05) is 40.2 Å². The summed E-state index contributed by atoms with van der Waals surface area (Å²) in [6.45, 7) is 4.43. The first-order chi connectivity index (χ1) is 14.8. The van der Waals surface area contributed by atoms with Gasteiger partial charge in [0.15, 0.2) is 0 Å². The summed E-state index contributed by atoms with van der Waals surface area (Å²) in [7, 11) is 0. The van der Waals surface area contributed by atoms with E-state index in [4.69, 9.17) is 17.3 Å². The molecule has 4 rings (SSSR count). The Morgan fingerprint density at radius 1 is 1.16 bits per heavy atom. The minimum atomic E-state index is -0.761. The van der Waals surface area contributed by atoms with E-state index in [1.165, 1.54) is 11.6 Å². The first-order valence-electron chi connectivity index (χ1n) is 10.1. The van der Waals surface area contributed by atoms with Crippen LogP contribution < -0.4 is 10.6 Å². The van der Waals surface area contributed by atoms with Gasteiger partial charge in [0.2, 0.25) is 0 Å². The van der Waals surface area contributed by atoms with Gasteiger partial charge in [0.25, 0.3) is 0 Å². The molecule has 3 aromatic rings. The van der Waals surface area contributed by atoms with Crippen molar-refractivity contribution in [3.8, 4) is 0 Å². The van der Waals surface area contributed by atoms with E-state index in [0.717, 1.165) is 24.2 Å². The number of hydrogen-bond acceptors (Lipinski definition) is 4. The molecule has 0 bridgehead atoms. The summed E-state index contributed by atoms with van der Waals surface area (Å²) in [6.07, 6.45) is 9.76. The molecular weight excluding hydrogens is 413 g/mol. The molecule has 0 fully saturated rings. The molecule has 1 aliphatic heterocycles. The van der Waals surface area contributed by atoms with Crippen LogP contribution >= 0.6 is 11.6 Å². The molecular formula is C24H25ClFN5. The number of rotatable bonds is 6. The van der Waals surface area contributed by atoms with Gasteiger partial charge in [-0.2, -0.15) is 0 Å². The van der Waals surface area contributed by atoms with Crippen molar-refractivity contribution in [2.24, 2.45) is 10.7 Å². The number of hydrogen-bond donors (Lipinski definition) is 1. The summed E-state index contributed by atoms with van der Waals surface area (Å²) < 4.78 is 16.9. The lowest BCUT2D eigenvalue weighted by Gasteiger charge is -2.32. The van der Waals surface area contributed by atoms with Crippen LogP contribution in [-0.4, -0.2) is 15.9 Å². The Hall–Kier alpha value is -2.96. The van der Waals surface area contributed by atoms with Gasteiger partial charge >= 0.3 is 0 Å². The lowest BCUT2D eigenvalue weighted by Crippen LogP contribution is -2.31. The van der Waals surface area contributed by atoms with E-state index < -0.39 is 5.54 Å². The average Bonchev–Trinajstić information content (AvgIpc) is 3.25. The second kappa shape index (κ2) is 8.65. The van der Waals surface area contributed by atoms with Crippen molar-refractivity contribution in [2.75, 3.05) is 4.90 Å². The number of halogens is 2. The maximum Gasteiger partial charge on any atom is 0.128 e. The Kier molecular flexibility index (Phi) is 5.94. The van der Waals surface area contributed by atoms with Crippen LogP contribution in [-0.2, 0) is 18.5 Å². The van der Waals surface area contributed by atoms with Crippen molar-refractivity contribution in [3.05, 3.63) is 94.9 Å². The number of aliphatic imine (C=N–C) groups is 1. The largest absolute Gasteiger partial charge is 0.337 e. The van der Waals surface area contributed by atoms with Crippen LogP contribution in [0.2, 0.25) is 0 Å². The lowest BCUT2D eigenvalue weighted by atomic mass is 9.92. The minimum Gasteiger partial charge on any atom is -0.337 e. The number of nitrogens with two attached hydrogens (primary N) is 1. The number of nitrogens with zero attached hydrogens (tertiary/aromatic N) is 4. The molecule has 1 atom stereocenters. The third-order valence-corrected chi connectivity index (χ3v) is 5.69. The summed E-state index contributed by atoms with van der Waals surface area (Å²) in [4.78, 5) is 10.3. The highest BCUT2D eigenvalue weighted by atomic mass is 35.5. The molecule has 2 aromatic carbocycles. The Balaban J connectivity index is 1.57. The van der Waals surface area contributed by atoms with Crippen LogP contribution in [0.3, 0.4) is 0 Å². The molecule has 0 saturated carbocycles. The van der Waals surface area contributed by atoms with E-state index >= 15 is 0 Å². The quantitative estimate of drug-likeness (QED) is 0.581. The third-order valence-electron chi connectivity index (χ3n) is 5.38. The molecule has 160 valence electrons. The summed E-state index contributed by atoms with van der Waals surface area (Å²) in [5.41, 5.74) is 8.67. The molecule has 1 aliphatic rings. The van der Waals surface area contributed by atoms with Gasteiger partial charge in [-0.25, -0.2) is 14.4 Å². The van der Waals surface area contributed by atoms with Crippen LogP contribution in [0.5, 0.6) is 0 Å². The van der Waals surface area contributed by atoms with Crippen molar-refractivity contribution in [2.45, 2.75) is 38.4 Å². The molecule has 1 aromatic heterocycles. The van der Waals surface area contributed by atoms with Crippen molar-refractivity contribution in [1.82, 2.24) is 9.55 Å². The van der Waals surface area contributed by atoms with Gasteiger partial charge < -0.3 is 15.2 Å². The Bertz CT molecular complexity index is 1100. The Morgan fingerprint density at radius 2 is 1.94 bits per heavy atom. The fourth-order valence-corrected chi connectivity index (χ4v) is 4.01. The van der Waals surface area contributed by atoms with Crippen LogP contribution in [0.25, 0.3) is 0 Å². The summed E-state index contributed by atoms with van der Waals surface area (Å²) in [6, 6.07) is 13.0. The van der Waals surface area contributed by atoms with Gasteiger partial charge in [-0.1, -0.05) is 35.9 Å². The van der Waals surface area contributed by atoms with Gasteiger partial charge in [0.05, 0.1) is 23.7 Å². The van der Waals surface area contributed by atoms with Gasteiger partial charge in [-0.15, -0.1) is 0 Å². The van der Waals surface area contributed by atoms with E-state index in [-0.39, 0.29) is 11.9 Å². The molecule has 7 heteroatoms. The SMILES string of the molecule is CC(C)(N)c1ccc(C2C(Cl)=CN=CN2c2ccc(CCn3ccnc3)cc2)cc1F. The topological polar surface area (TPSA) is 59.4 Å². The zero-order valence-corrected chi connectivity index (χ0v) is 18.3. The van der Waals surface area contributed by atoms with Crippen molar-refractivity contribution < 1.29 is 4.39 Å². The normalized spacial score (nSPS) is 16.5. The highest BCUT2D eigenvalue weighted by molar-refractivity contribution is 6.31. The van der Waals surface area contributed by atoms with Crippen molar-refractivity contribution >= 4 is 23.6 Å². The van der Waals surface area contributed by atoms with E-state index in [2.05, 4.69) is 22.1 Å². The zero-order chi connectivity index (χ0) is 22.0. The standard InChI is InChI=1S/C24H25ClFN5/c1-24(2,27)20-8-5-18(13-22(20)26)23-21(25)14-29-16-31(23)19-6-3-17(4-7-19)9-11-30-12-10-28-15-30/h3-8,10,12-16,23H,9,11,27H2,1-2H3. The van der Waals surface area contributed by atoms with Gasteiger partial charge in [0.1, 0.15) is 5.82 Å².